The Bertz CT molecular complexity index is 1320. The van der Waals surface area contributed by atoms with Crippen molar-refractivity contribution in [3.63, 3.8) is 0 Å². The van der Waals surface area contributed by atoms with Gasteiger partial charge in [-0.3, -0.25) is 4.79 Å². The van der Waals surface area contributed by atoms with Crippen LogP contribution in [-0.2, 0) is 6.61 Å². The summed E-state index contributed by atoms with van der Waals surface area (Å²) in [5.41, 5.74) is 4.73. The molecule has 1 N–H and O–H groups in total. The van der Waals surface area contributed by atoms with Crippen molar-refractivity contribution in [2.45, 2.75) is 6.61 Å². The van der Waals surface area contributed by atoms with Gasteiger partial charge in [0.2, 0.25) is 0 Å². The highest BCUT2D eigenvalue weighted by molar-refractivity contribution is 14.1. The van der Waals surface area contributed by atoms with Crippen molar-refractivity contribution in [2.24, 2.45) is 5.10 Å². The molecule has 0 spiro atoms. The van der Waals surface area contributed by atoms with Crippen LogP contribution in [-0.4, -0.2) is 19.2 Å². The number of methoxy groups -OCH3 is 1. The van der Waals surface area contributed by atoms with Crippen LogP contribution >= 0.6 is 22.6 Å². The number of nitrogens with one attached hydrogen (secondary N) is 1. The Kier molecular flexibility index (Phi) is 7.19. The Hall–Kier alpha value is -3.46. The van der Waals surface area contributed by atoms with Crippen molar-refractivity contribution in [2.75, 3.05) is 7.11 Å². The fourth-order valence-electron chi connectivity index (χ4n) is 3.34. The average Bonchev–Trinajstić information content (AvgIpc) is 2.83. The molecule has 0 aliphatic carbocycles. The molecule has 4 aromatic rings. The van der Waals surface area contributed by atoms with Crippen LogP contribution in [0.4, 0.5) is 4.39 Å². The van der Waals surface area contributed by atoms with E-state index in [1.807, 2.05) is 42.5 Å². The third-order valence-corrected chi connectivity index (χ3v) is 5.76. The number of rotatable bonds is 7. The van der Waals surface area contributed by atoms with Crippen LogP contribution in [0.1, 0.15) is 21.5 Å². The molecular weight excluding hydrogens is 534 g/mol. The lowest BCUT2D eigenvalue weighted by atomic mass is 10.0. The van der Waals surface area contributed by atoms with E-state index in [1.54, 1.807) is 37.6 Å². The highest BCUT2D eigenvalue weighted by atomic mass is 127. The zero-order valence-corrected chi connectivity index (χ0v) is 19.9. The molecule has 5 nitrogen and oxygen atoms in total. The quantitative estimate of drug-likeness (QED) is 0.175. The molecule has 33 heavy (non-hydrogen) atoms. The van der Waals surface area contributed by atoms with Crippen LogP contribution in [0, 0.1) is 9.39 Å². The maximum absolute atomic E-state index is 13.1. The summed E-state index contributed by atoms with van der Waals surface area (Å²) in [4.78, 5) is 12.6. The van der Waals surface area contributed by atoms with Crippen molar-refractivity contribution in [3.8, 4) is 11.5 Å². The lowest BCUT2D eigenvalue weighted by Gasteiger charge is -2.13. The summed E-state index contributed by atoms with van der Waals surface area (Å²) in [6, 6.07) is 23.1. The molecule has 0 aliphatic rings. The molecule has 0 unspecified atom stereocenters. The van der Waals surface area contributed by atoms with Gasteiger partial charge in [-0.05, 0) is 74.8 Å². The van der Waals surface area contributed by atoms with Gasteiger partial charge < -0.3 is 9.47 Å². The molecule has 0 bridgehead atoms. The van der Waals surface area contributed by atoms with Crippen LogP contribution in [0.25, 0.3) is 10.8 Å². The Morgan fingerprint density at radius 3 is 2.61 bits per heavy atom. The lowest BCUT2D eigenvalue weighted by molar-refractivity contribution is 0.0957. The average molecular weight is 554 g/mol. The number of hydrogen-bond donors (Lipinski definition) is 1. The molecule has 0 fully saturated rings. The summed E-state index contributed by atoms with van der Waals surface area (Å²) in [6.45, 7) is 0.279. The molecule has 0 saturated carbocycles. The standard InChI is InChI=1S/C26H20FIN2O3/c1-32-24-14-18(13-23(28)25(24)33-16-17-9-11-20(27)12-10-17)15-29-30-26(31)22-8-4-6-19-5-2-3-7-21(19)22/h2-15H,16H2,1H3,(H,30,31)/b29-15-. The number of hydrazone groups is 1. The second kappa shape index (κ2) is 10.4. The highest BCUT2D eigenvalue weighted by Crippen LogP contribution is 2.34. The summed E-state index contributed by atoms with van der Waals surface area (Å²) in [6.07, 6.45) is 1.55. The van der Waals surface area contributed by atoms with Gasteiger partial charge in [0.15, 0.2) is 11.5 Å². The molecule has 0 aromatic heterocycles. The third kappa shape index (κ3) is 5.48. The lowest BCUT2D eigenvalue weighted by Crippen LogP contribution is -2.17. The summed E-state index contributed by atoms with van der Waals surface area (Å²) in [7, 11) is 1.55. The molecule has 7 heteroatoms. The molecule has 0 aliphatic heterocycles. The van der Waals surface area contributed by atoms with Gasteiger partial charge in [0.25, 0.3) is 5.91 Å². The second-order valence-electron chi connectivity index (χ2n) is 7.18. The van der Waals surface area contributed by atoms with Gasteiger partial charge in [0.05, 0.1) is 16.9 Å². The molecule has 4 aromatic carbocycles. The molecule has 0 radical (unpaired) electrons. The maximum Gasteiger partial charge on any atom is 0.271 e. The monoisotopic (exact) mass is 554 g/mol. The van der Waals surface area contributed by atoms with Gasteiger partial charge in [-0.1, -0.05) is 48.5 Å². The van der Waals surface area contributed by atoms with Crippen molar-refractivity contribution < 1.29 is 18.7 Å². The fraction of sp³-hybridized carbons (Fsp3) is 0.0769. The van der Waals surface area contributed by atoms with E-state index in [0.29, 0.717) is 17.1 Å². The van der Waals surface area contributed by atoms with Crippen LogP contribution in [0.3, 0.4) is 0 Å². The van der Waals surface area contributed by atoms with E-state index >= 15 is 0 Å². The van der Waals surface area contributed by atoms with Gasteiger partial charge in [-0.15, -0.1) is 0 Å². The summed E-state index contributed by atoms with van der Waals surface area (Å²) in [5, 5.41) is 5.97. The van der Waals surface area contributed by atoms with Crippen molar-refractivity contribution in [1.82, 2.24) is 5.43 Å². The first-order valence-corrected chi connectivity index (χ1v) is 11.2. The Morgan fingerprint density at radius 1 is 1.06 bits per heavy atom. The van der Waals surface area contributed by atoms with E-state index < -0.39 is 0 Å². The predicted octanol–water partition coefficient (Wildman–Crippen LogP) is 5.94. The number of amides is 1. The zero-order chi connectivity index (χ0) is 23.2. The molecule has 0 saturated heterocycles. The molecule has 166 valence electrons. The molecular formula is C26H20FIN2O3. The predicted molar refractivity (Wildman–Crippen MR) is 135 cm³/mol. The van der Waals surface area contributed by atoms with Gasteiger partial charge in [0, 0.05) is 5.56 Å². The van der Waals surface area contributed by atoms with Crippen LogP contribution < -0.4 is 14.9 Å². The van der Waals surface area contributed by atoms with Gasteiger partial charge in [-0.25, -0.2) is 9.82 Å². The van der Waals surface area contributed by atoms with Gasteiger partial charge in [0.1, 0.15) is 12.4 Å². The minimum absolute atomic E-state index is 0.279. The van der Waals surface area contributed by atoms with Gasteiger partial charge in [-0.2, -0.15) is 5.10 Å². The molecule has 0 heterocycles. The fourth-order valence-corrected chi connectivity index (χ4v) is 4.12. The topological polar surface area (TPSA) is 59.9 Å². The van der Waals surface area contributed by atoms with E-state index in [0.717, 1.165) is 25.5 Å². The van der Waals surface area contributed by atoms with E-state index in [-0.39, 0.29) is 18.3 Å². The molecule has 1 amide bonds. The number of carbonyl (C=O) groups excluding carboxylic acids is 1. The number of ether oxygens (including phenoxy) is 2. The third-order valence-electron chi connectivity index (χ3n) is 4.96. The largest absolute Gasteiger partial charge is 0.493 e. The first-order chi connectivity index (χ1) is 16.0. The highest BCUT2D eigenvalue weighted by Gasteiger charge is 2.12. The number of nitrogens with zero attached hydrogens (tertiary/aromatic N) is 1. The number of halogens is 2. The van der Waals surface area contributed by atoms with Crippen LogP contribution in [0.15, 0.2) is 84.0 Å². The van der Waals surface area contributed by atoms with E-state index in [2.05, 4.69) is 33.1 Å². The normalized spacial score (nSPS) is 11.0. The van der Waals surface area contributed by atoms with E-state index in [4.69, 9.17) is 9.47 Å². The summed E-state index contributed by atoms with van der Waals surface area (Å²) in [5.74, 6) is 0.538. The maximum atomic E-state index is 13.1. The zero-order valence-electron chi connectivity index (χ0n) is 17.7. The van der Waals surface area contributed by atoms with Crippen molar-refractivity contribution in [3.05, 3.63) is 105 Å². The Balaban J connectivity index is 1.47. The minimum Gasteiger partial charge on any atom is -0.493 e. The van der Waals surface area contributed by atoms with Crippen molar-refractivity contribution in [1.29, 1.82) is 0 Å². The number of fused-ring (bicyclic) bond motifs is 1. The van der Waals surface area contributed by atoms with Gasteiger partial charge >= 0.3 is 0 Å². The number of carbonyl (C=O) groups is 1. The van der Waals surface area contributed by atoms with Crippen LogP contribution in [0.5, 0.6) is 11.5 Å². The first kappa shape index (κ1) is 22.7. The Morgan fingerprint density at radius 2 is 1.82 bits per heavy atom. The minimum atomic E-state index is -0.290. The van der Waals surface area contributed by atoms with E-state index in [9.17, 15) is 9.18 Å². The number of hydrogen-bond acceptors (Lipinski definition) is 4. The summed E-state index contributed by atoms with van der Waals surface area (Å²) >= 11 is 2.15. The first-order valence-electron chi connectivity index (χ1n) is 10.1. The smallest absolute Gasteiger partial charge is 0.271 e. The van der Waals surface area contributed by atoms with Crippen molar-refractivity contribution >= 4 is 45.5 Å². The summed E-state index contributed by atoms with van der Waals surface area (Å²) < 4.78 is 25.3. The molecule has 0 atom stereocenters. The SMILES string of the molecule is COc1cc(/C=N\NC(=O)c2cccc3ccccc23)cc(I)c1OCc1ccc(F)cc1. The van der Waals surface area contributed by atoms with Crippen LogP contribution in [0.2, 0.25) is 0 Å². The Labute approximate surface area is 204 Å². The van der Waals surface area contributed by atoms with E-state index in [1.165, 1.54) is 12.1 Å². The number of benzene rings is 4. The molecule has 4 rings (SSSR count). The second-order valence-corrected chi connectivity index (χ2v) is 8.34.